The van der Waals surface area contributed by atoms with Crippen LogP contribution in [0.4, 0.5) is 5.00 Å². The molecule has 3 aromatic rings. The van der Waals surface area contributed by atoms with Gasteiger partial charge in [0, 0.05) is 10.6 Å². The molecule has 1 N–H and O–H groups in total. The lowest BCUT2D eigenvalue weighted by atomic mass is 10.2. The van der Waals surface area contributed by atoms with Crippen LogP contribution in [-0.2, 0) is 16.0 Å². The highest BCUT2D eigenvalue weighted by atomic mass is 32.2. The summed E-state index contributed by atoms with van der Waals surface area (Å²) in [6, 6.07) is 11.5. The van der Waals surface area contributed by atoms with Gasteiger partial charge in [-0.15, -0.1) is 21.5 Å². The average Bonchev–Trinajstić information content (AvgIpc) is 3.30. The lowest BCUT2D eigenvalue weighted by Gasteiger charge is -2.08. The Morgan fingerprint density at radius 2 is 1.97 bits per heavy atom. The van der Waals surface area contributed by atoms with Gasteiger partial charge in [0.1, 0.15) is 10.8 Å². The molecule has 0 radical (unpaired) electrons. The predicted octanol–water partition coefficient (Wildman–Crippen LogP) is 4.11. The van der Waals surface area contributed by atoms with Gasteiger partial charge in [0.2, 0.25) is 5.91 Å². The Labute approximate surface area is 177 Å². The molecule has 0 saturated heterocycles. The summed E-state index contributed by atoms with van der Waals surface area (Å²) in [5.41, 5.74) is 1.34. The van der Waals surface area contributed by atoms with Crippen LogP contribution < -0.4 is 5.32 Å². The summed E-state index contributed by atoms with van der Waals surface area (Å²) >= 11 is 2.69. The second kappa shape index (κ2) is 9.71. The number of nitrogens with one attached hydrogen (secondary N) is 1. The number of thioether (sulfide) groups is 1. The van der Waals surface area contributed by atoms with Crippen LogP contribution in [0.5, 0.6) is 0 Å². The third-order valence-electron chi connectivity index (χ3n) is 4.02. The molecule has 152 valence electrons. The van der Waals surface area contributed by atoms with E-state index in [4.69, 9.17) is 4.74 Å². The van der Waals surface area contributed by atoms with Crippen molar-refractivity contribution in [3.8, 4) is 5.69 Å². The molecular formula is C20H22N4O3S2. The van der Waals surface area contributed by atoms with Crippen molar-refractivity contribution in [2.24, 2.45) is 0 Å². The van der Waals surface area contributed by atoms with Crippen LogP contribution in [0.2, 0.25) is 0 Å². The van der Waals surface area contributed by atoms with E-state index in [0.717, 1.165) is 22.8 Å². The number of carbonyl (C=O) groups is 2. The monoisotopic (exact) mass is 430 g/mol. The van der Waals surface area contributed by atoms with E-state index in [1.54, 1.807) is 13.0 Å². The number of anilines is 1. The molecule has 0 unspecified atom stereocenters. The molecule has 7 nitrogen and oxygen atoms in total. The van der Waals surface area contributed by atoms with Crippen LogP contribution in [0.3, 0.4) is 0 Å². The molecule has 9 heteroatoms. The van der Waals surface area contributed by atoms with Crippen molar-refractivity contribution in [1.29, 1.82) is 0 Å². The normalized spacial score (nSPS) is 10.7. The van der Waals surface area contributed by atoms with Crippen LogP contribution in [-0.4, -0.2) is 39.0 Å². The molecule has 0 aliphatic carbocycles. The number of esters is 1. The van der Waals surface area contributed by atoms with Crippen LogP contribution in [0, 0.1) is 6.92 Å². The zero-order chi connectivity index (χ0) is 20.8. The summed E-state index contributed by atoms with van der Waals surface area (Å²) in [7, 11) is 0. The zero-order valence-electron chi connectivity index (χ0n) is 16.5. The van der Waals surface area contributed by atoms with Gasteiger partial charge in [-0.2, -0.15) is 0 Å². The molecule has 29 heavy (non-hydrogen) atoms. The Balaban J connectivity index is 1.70. The Morgan fingerprint density at radius 1 is 1.21 bits per heavy atom. The molecule has 2 heterocycles. The van der Waals surface area contributed by atoms with E-state index in [2.05, 4.69) is 15.5 Å². The summed E-state index contributed by atoms with van der Waals surface area (Å²) in [6.07, 6.45) is 0.779. The average molecular weight is 431 g/mol. The largest absolute Gasteiger partial charge is 0.462 e. The van der Waals surface area contributed by atoms with Gasteiger partial charge in [0.25, 0.3) is 0 Å². The summed E-state index contributed by atoms with van der Waals surface area (Å²) in [5, 5.41) is 12.3. The number of hydrogen-bond donors (Lipinski definition) is 1. The first-order chi connectivity index (χ1) is 14.0. The topological polar surface area (TPSA) is 86.1 Å². The second-order valence-electron chi connectivity index (χ2n) is 6.07. The van der Waals surface area contributed by atoms with Gasteiger partial charge >= 0.3 is 5.97 Å². The highest BCUT2D eigenvalue weighted by Gasteiger charge is 2.19. The fourth-order valence-corrected chi connectivity index (χ4v) is 4.47. The van der Waals surface area contributed by atoms with Gasteiger partial charge in [-0.05, 0) is 38.5 Å². The van der Waals surface area contributed by atoms with E-state index in [0.29, 0.717) is 15.7 Å². The Bertz CT molecular complexity index is 999. The number of thiophene rings is 1. The van der Waals surface area contributed by atoms with Crippen molar-refractivity contribution in [3.63, 3.8) is 0 Å². The second-order valence-corrected chi connectivity index (χ2v) is 8.15. The maximum atomic E-state index is 12.5. The number of carbonyl (C=O) groups excluding carboxylic acids is 2. The first-order valence-corrected chi connectivity index (χ1v) is 11.0. The van der Waals surface area contributed by atoms with Gasteiger partial charge in [-0.25, -0.2) is 4.79 Å². The summed E-state index contributed by atoms with van der Waals surface area (Å²) in [4.78, 5) is 25.7. The third-order valence-corrected chi connectivity index (χ3v) is 6.15. The number of aromatic nitrogens is 3. The molecule has 0 aliphatic rings. The van der Waals surface area contributed by atoms with E-state index in [9.17, 15) is 9.59 Å². The number of rotatable bonds is 8. The van der Waals surface area contributed by atoms with E-state index in [1.807, 2.05) is 48.7 Å². The number of amides is 1. The number of ether oxygens (including phenoxy) is 1. The highest BCUT2D eigenvalue weighted by Crippen LogP contribution is 2.30. The molecule has 0 fully saturated rings. The minimum Gasteiger partial charge on any atom is -0.462 e. The Morgan fingerprint density at radius 3 is 2.66 bits per heavy atom. The van der Waals surface area contributed by atoms with Crippen molar-refractivity contribution < 1.29 is 14.3 Å². The molecule has 0 spiro atoms. The molecule has 0 atom stereocenters. The van der Waals surface area contributed by atoms with Crippen molar-refractivity contribution in [1.82, 2.24) is 14.8 Å². The van der Waals surface area contributed by atoms with Gasteiger partial charge < -0.3 is 10.1 Å². The molecular weight excluding hydrogens is 408 g/mol. The van der Waals surface area contributed by atoms with Gasteiger partial charge in [0.15, 0.2) is 5.16 Å². The molecule has 0 saturated carbocycles. The number of hydrogen-bond acceptors (Lipinski definition) is 7. The predicted molar refractivity (Wildman–Crippen MR) is 115 cm³/mol. The van der Waals surface area contributed by atoms with Gasteiger partial charge in [-0.1, -0.05) is 36.9 Å². The molecule has 2 aromatic heterocycles. The lowest BCUT2D eigenvalue weighted by Crippen LogP contribution is -2.16. The molecule has 1 aromatic carbocycles. The third kappa shape index (κ3) is 5.04. The fraction of sp³-hybridized carbons (Fsp3) is 0.300. The van der Waals surface area contributed by atoms with Gasteiger partial charge in [-0.3, -0.25) is 9.36 Å². The zero-order valence-corrected chi connectivity index (χ0v) is 18.1. The Kier molecular flexibility index (Phi) is 7.05. The van der Waals surface area contributed by atoms with Crippen molar-refractivity contribution in [2.75, 3.05) is 17.7 Å². The number of aryl methyl sites for hydroxylation is 2. The van der Waals surface area contributed by atoms with E-state index in [-0.39, 0.29) is 18.3 Å². The summed E-state index contributed by atoms with van der Waals surface area (Å²) in [5.74, 6) is 0.248. The van der Waals surface area contributed by atoms with Gasteiger partial charge in [0.05, 0.1) is 17.9 Å². The smallest absolute Gasteiger partial charge is 0.341 e. The van der Waals surface area contributed by atoms with E-state index < -0.39 is 5.97 Å². The quantitative estimate of drug-likeness (QED) is 0.428. The number of benzene rings is 1. The summed E-state index contributed by atoms with van der Waals surface area (Å²) < 4.78 is 7.00. The molecule has 0 aliphatic heterocycles. The standard InChI is InChI=1S/C20H22N4O3S2/c1-4-15-11-16(19(26)27-5-2)18(29-15)21-17(25)12-28-20-23-22-13(3)24(20)14-9-7-6-8-10-14/h6-11H,4-5,12H2,1-3H3,(H,21,25). The minimum absolute atomic E-state index is 0.145. The maximum absolute atomic E-state index is 12.5. The molecule has 0 bridgehead atoms. The number of para-hydroxylation sites is 1. The van der Waals surface area contributed by atoms with Crippen LogP contribution in [0.25, 0.3) is 5.69 Å². The SMILES string of the molecule is CCOC(=O)c1cc(CC)sc1NC(=O)CSc1nnc(C)n1-c1ccccc1. The molecule has 3 rings (SSSR count). The fourth-order valence-electron chi connectivity index (χ4n) is 2.67. The lowest BCUT2D eigenvalue weighted by molar-refractivity contribution is -0.113. The first-order valence-electron chi connectivity index (χ1n) is 9.23. The maximum Gasteiger partial charge on any atom is 0.341 e. The van der Waals surface area contributed by atoms with Crippen LogP contribution in [0.15, 0.2) is 41.6 Å². The van der Waals surface area contributed by atoms with E-state index >= 15 is 0 Å². The van der Waals surface area contributed by atoms with Crippen LogP contribution in [0.1, 0.15) is 34.9 Å². The van der Waals surface area contributed by atoms with Crippen molar-refractivity contribution in [2.45, 2.75) is 32.3 Å². The van der Waals surface area contributed by atoms with Crippen molar-refractivity contribution >= 4 is 40.0 Å². The minimum atomic E-state index is -0.425. The van der Waals surface area contributed by atoms with E-state index in [1.165, 1.54) is 23.1 Å². The summed E-state index contributed by atoms with van der Waals surface area (Å²) in [6.45, 7) is 5.91. The highest BCUT2D eigenvalue weighted by molar-refractivity contribution is 7.99. The first kappa shape index (κ1) is 21.1. The number of nitrogens with zero attached hydrogens (tertiary/aromatic N) is 3. The van der Waals surface area contributed by atoms with Crippen molar-refractivity contribution in [3.05, 3.63) is 52.7 Å². The molecule has 1 amide bonds. The Hall–Kier alpha value is -2.65. The van der Waals surface area contributed by atoms with Crippen LogP contribution >= 0.6 is 23.1 Å².